The Morgan fingerprint density at radius 2 is 2.33 bits per heavy atom. The van der Waals surface area contributed by atoms with Gasteiger partial charge in [0, 0.05) is 12.6 Å². The number of carbonyl (C=O) groups is 1. The number of aliphatic hydroxyl groups is 1. The Kier molecular flexibility index (Phi) is 5.93. The average Bonchev–Trinajstić information content (AvgIpc) is 2.37. The van der Waals surface area contributed by atoms with Gasteiger partial charge in [0.15, 0.2) is 6.61 Å². The van der Waals surface area contributed by atoms with Gasteiger partial charge in [-0.05, 0) is 6.42 Å². The molecule has 0 aromatic carbocycles. The number of rotatable bonds is 7. The summed E-state index contributed by atoms with van der Waals surface area (Å²) in [5.41, 5.74) is -0.424. The number of nitrogens with one attached hydrogen (secondary N) is 1. The lowest BCUT2D eigenvalue weighted by Gasteiger charge is -2.06. The second-order valence-electron chi connectivity index (χ2n) is 3.73. The van der Waals surface area contributed by atoms with Gasteiger partial charge in [-0.25, -0.2) is 0 Å². The number of hydrogen-bond donors (Lipinski definition) is 2. The highest BCUT2D eigenvalue weighted by Crippen LogP contribution is 2.05. The van der Waals surface area contributed by atoms with Gasteiger partial charge in [-0.1, -0.05) is 13.3 Å². The first kappa shape index (κ1) is 14.2. The molecule has 0 bridgehead atoms. The molecule has 0 radical (unpaired) electrons. The average molecular weight is 255 g/mol. The fraction of sp³-hybridized carbons (Fsp3) is 0.500. The van der Waals surface area contributed by atoms with Crippen LogP contribution in [0.25, 0.3) is 0 Å². The van der Waals surface area contributed by atoms with Gasteiger partial charge in [-0.3, -0.25) is 9.59 Å². The SMILES string of the molecule is CCCCNC(=O)COc1coc(CO)cc1=O. The molecule has 0 unspecified atom stereocenters. The molecule has 0 spiro atoms. The first-order valence-electron chi connectivity index (χ1n) is 5.79. The molecule has 1 amide bonds. The van der Waals surface area contributed by atoms with E-state index in [0.717, 1.165) is 25.2 Å². The van der Waals surface area contributed by atoms with Crippen LogP contribution >= 0.6 is 0 Å². The van der Waals surface area contributed by atoms with Crippen LogP contribution in [0.2, 0.25) is 0 Å². The Morgan fingerprint density at radius 3 is 2.94 bits per heavy atom. The molecule has 0 saturated carbocycles. The maximum atomic E-state index is 11.4. The van der Waals surface area contributed by atoms with Crippen molar-refractivity contribution in [2.24, 2.45) is 0 Å². The Labute approximate surface area is 105 Å². The van der Waals surface area contributed by atoms with E-state index in [0.29, 0.717) is 6.54 Å². The fourth-order valence-corrected chi connectivity index (χ4v) is 1.23. The van der Waals surface area contributed by atoms with Crippen molar-refractivity contribution in [2.45, 2.75) is 26.4 Å². The summed E-state index contributed by atoms with van der Waals surface area (Å²) in [6.07, 6.45) is 2.99. The Hall–Kier alpha value is -1.82. The van der Waals surface area contributed by atoms with E-state index in [-0.39, 0.29) is 30.6 Å². The van der Waals surface area contributed by atoms with Crippen molar-refractivity contribution in [1.29, 1.82) is 0 Å². The van der Waals surface area contributed by atoms with E-state index in [9.17, 15) is 9.59 Å². The lowest BCUT2D eigenvalue weighted by atomic mass is 10.3. The van der Waals surface area contributed by atoms with Crippen molar-refractivity contribution >= 4 is 5.91 Å². The van der Waals surface area contributed by atoms with Gasteiger partial charge in [-0.15, -0.1) is 0 Å². The zero-order valence-corrected chi connectivity index (χ0v) is 10.3. The largest absolute Gasteiger partial charge is 0.477 e. The van der Waals surface area contributed by atoms with Crippen LogP contribution in [0, 0.1) is 0 Å². The third-order valence-electron chi connectivity index (χ3n) is 2.22. The minimum atomic E-state index is -0.424. The normalized spacial score (nSPS) is 10.1. The van der Waals surface area contributed by atoms with Crippen LogP contribution in [-0.2, 0) is 11.4 Å². The molecule has 6 nitrogen and oxygen atoms in total. The number of hydrogen-bond acceptors (Lipinski definition) is 5. The summed E-state index contributed by atoms with van der Waals surface area (Å²) in [5, 5.41) is 11.4. The second kappa shape index (κ2) is 7.50. The number of carbonyl (C=O) groups excluding carboxylic acids is 1. The summed E-state index contributed by atoms with van der Waals surface area (Å²) in [6.45, 7) is 2.04. The topological polar surface area (TPSA) is 88.8 Å². The summed E-state index contributed by atoms with van der Waals surface area (Å²) < 4.78 is 9.94. The van der Waals surface area contributed by atoms with Gasteiger partial charge >= 0.3 is 0 Å². The predicted octanol–water partition coefficient (Wildman–Crippen LogP) is 0.427. The van der Waals surface area contributed by atoms with Crippen molar-refractivity contribution in [2.75, 3.05) is 13.2 Å². The molecule has 0 atom stereocenters. The molecule has 0 aliphatic rings. The van der Waals surface area contributed by atoms with Crippen LogP contribution < -0.4 is 15.5 Å². The summed E-state index contributed by atoms with van der Waals surface area (Å²) in [7, 11) is 0. The van der Waals surface area contributed by atoms with Gasteiger partial charge in [0.1, 0.15) is 18.6 Å². The first-order chi connectivity index (χ1) is 8.67. The molecule has 1 rings (SSSR count). The highest BCUT2D eigenvalue weighted by molar-refractivity contribution is 5.77. The van der Waals surface area contributed by atoms with E-state index in [1.165, 1.54) is 0 Å². The van der Waals surface area contributed by atoms with Gasteiger partial charge in [0.05, 0.1) is 0 Å². The van der Waals surface area contributed by atoms with Crippen molar-refractivity contribution < 1.29 is 19.1 Å². The van der Waals surface area contributed by atoms with Gasteiger partial charge < -0.3 is 19.6 Å². The van der Waals surface area contributed by atoms with Gasteiger partial charge in [-0.2, -0.15) is 0 Å². The third-order valence-corrected chi connectivity index (χ3v) is 2.22. The molecule has 2 N–H and O–H groups in total. The van der Waals surface area contributed by atoms with E-state index in [1.807, 2.05) is 6.92 Å². The van der Waals surface area contributed by atoms with Crippen molar-refractivity contribution in [3.8, 4) is 5.75 Å². The van der Waals surface area contributed by atoms with Crippen molar-refractivity contribution in [3.05, 3.63) is 28.3 Å². The van der Waals surface area contributed by atoms with Gasteiger partial charge in [0.2, 0.25) is 11.2 Å². The summed E-state index contributed by atoms with van der Waals surface area (Å²) >= 11 is 0. The Bertz CT molecular complexity index is 440. The zero-order valence-electron chi connectivity index (χ0n) is 10.3. The monoisotopic (exact) mass is 255 g/mol. The first-order valence-corrected chi connectivity index (χ1v) is 5.79. The van der Waals surface area contributed by atoms with Crippen LogP contribution in [0.1, 0.15) is 25.5 Å². The van der Waals surface area contributed by atoms with Crippen LogP contribution in [0.5, 0.6) is 5.75 Å². The molecular weight excluding hydrogens is 238 g/mol. The Balaban J connectivity index is 2.43. The van der Waals surface area contributed by atoms with E-state index in [1.54, 1.807) is 0 Å². The smallest absolute Gasteiger partial charge is 0.257 e. The van der Waals surface area contributed by atoms with Crippen molar-refractivity contribution in [1.82, 2.24) is 5.32 Å². The lowest BCUT2D eigenvalue weighted by Crippen LogP contribution is -2.30. The molecule has 0 aliphatic carbocycles. The third kappa shape index (κ3) is 4.58. The van der Waals surface area contributed by atoms with E-state index >= 15 is 0 Å². The molecule has 1 heterocycles. The molecule has 0 saturated heterocycles. The number of aliphatic hydroxyl groups excluding tert-OH is 1. The number of amides is 1. The minimum Gasteiger partial charge on any atom is -0.477 e. The fourth-order valence-electron chi connectivity index (χ4n) is 1.23. The highest BCUT2D eigenvalue weighted by atomic mass is 16.5. The van der Waals surface area contributed by atoms with Crippen LogP contribution in [0.15, 0.2) is 21.5 Å². The summed E-state index contributed by atoms with van der Waals surface area (Å²) in [4.78, 5) is 22.8. The molecule has 6 heteroatoms. The maximum Gasteiger partial charge on any atom is 0.257 e. The van der Waals surface area contributed by atoms with E-state index in [4.69, 9.17) is 14.3 Å². The number of ether oxygens (including phenoxy) is 1. The standard InChI is InChI=1S/C12H17NO5/c1-2-3-4-13-12(16)8-18-11-7-17-9(6-14)5-10(11)15/h5,7,14H,2-4,6,8H2,1H3,(H,13,16). The second-order valence-corrected chi connectivity index (χ2v) is 3.73. The maximum absolute atomic E-state index is 11.4. The van der Waals surface area contributed by atoms with Crippen molar-refractivity contribution in [3.63, 3.8) is 0 Å². The zero-order chi connectivity index (χ0) is 13.4. The van der Waals surface area contributed by atoms with Gasteiger partial charge in [0.25, 0.3) is 5.91 Å². The summed E-state index contributed by atoms with van der Waals surface area (Å²) in [6, 6.07) is 1.13. The molecule has 1 aromatic rings. The Morgan fingerprint density at radius 1 is 1.56 bits per heavy atom. The quantitative estimate of drug-likeness (QED) is 0.690. The molecule has 18 heavy (non-hydrogen) atoms. The minimum absolute atomic E-state index is 0.0437. The van der Waals surface area contributed by atoms with E-state index < -0.39 is 5.43 Å². The van der Waals surface area contributed by atoms with Crippen LogP contribution in [-0.4, -0.2) is 24.2 Å². The predicted molar refractivity (Wildman–Crippen MR) is 64.3 cm³/mol. The van der Waals surface area contributed by atoms with E-state index in [2.05, 4.69) is 5.32 Å². The molecular formula is C12H17NO5. The van der Waals surface area contributed by atoms with Crippen LogP contribution in [0.4, 0.5) is 0 Å². The molecule has 0 aliphatic heterocycles. The van der Waals surface area contributed by atoms with Crippen LogP contribution in [0.3, 0.4) is 0 Å². The lowest BCUT2D eigenvalue weighted by molar-refractivity contribution is -0.123. The molecule has 0 fully saturated rings. The highest BCUT2D eigenvalue weighted by Gasteiger charge is 2.07. The summed E-state index contributed by atoms with van der Waals surface area (Å²) in [5.74, 6) is -0.174. The molecule has 100 valence electrons. The molecule has 1 aromatic heterocycles. The number of unbranched alkanes of at least 4 members (excludes halogenated alkanes) is 1.